The highest BCUT2D eigenvalue weighted by atomic mass is 15.2. The number of aryl methyl sites for hydroxylation is 1. The highest BCUT2D eigenvalue weighted by Gasteiger charge is 2.03. The summed E-state index contributed by atoms with van der Waals surface area (Å²) in [5.41, 5.74) is 5.50. The van der Waals surface area contributed by atoms with Gasteiger partial charge in [0.2, 0.25) is 0 Å². The maximum absolute atomic E-state index is 5.50. The van der Waals surface area contributed by atoms with Crippen LogP contribution in [0.3, 0.4) is 0 Å². The minimum absolute atomic E-state index is 0.650. The van der Waals surface area contributed by atoms with E-state index >= 15 is 0 Å². The third kappa shape index (κ3) is 2.66. The number of aromatic nitrogens is 2. The van der Waals surface area contributed by atoms with Gasteiger partial charge < -0.3 is 10.6 Å². The lowest BCUT2D eigenvalue weighted by Gasteiger charge is -2.20. The van der Waals surface area contributed by atoms with E-state index in [2.05, 4.69) is 21.8 Å². The molecule has 0 fully saturated rings. The zero-order valence-electron chi connectivity index (χ0n) is 8.20. The Bertz CT molecular complexity index is 262. The van der Waals surface area contributed by atoms with Gasteiger partial charge in [0.1, 0.15) is 11.6 Å². The Balaban J connectivity index is 2.78. The third-order valence-corrected chi connectivity index (χ3v) is 1.87. The molecule has 0 bridgehead atoms. The van der Waals surface area contributed by atoms with Crippen molar-refractivity contribution in [1.29, 1.82) is 0 Å². The molecule has 0 atom stereocenters. The molecule has 2 N–H and O–H groups in total. The van der Waals surface area contributed by atoms with Crippen molar-refractivity contribution in [2.75, 3.05) is 24.5 Å². The van der Waals surface area contributed by atoms with Gasteiger partial charge in [0.05, 0.1) is 0 Å². The fraction of sp³-hybridized carbons (Fsp3) is 0.556. The highest BCUT2D eigenvalue weighted by molar-refractivity contribution is 5.36. The summed E-state index contributed by atoms with van der Waals surface area (Å²) in [7, 11) is 0. The first-order valence-electron chi connectivity index (χ1n) is 4.52. The second-order valence-electron chi connectivity index (χ2n) is 2.83. The molecular weight excluding hydrogens is 164 g/mol. The Morgan fingerprint density at radius 1 is 1.54 bits per heavy atom. The molecule has 0 aliphatic heterocycles. The monoisotopic (exact) mass is 180 g/mol. The van der Waals surface area contributed by atoms with Gasteiger partial charge in [-0.1, -0.05) is 0 Å². The zero-order valence-corrected chi connectivity index (χ0v) is 8.20. The van der Waals surface area contributed by atoms with Crippen LogP contribution in [0.15, 0.2) is 12.3 Å². The van der Waals surface area contributed by atoms with E-state index in [0.717, 1.165) is 24.7 Å². The van der Waals surface area contributed by atoms with E-state index in [1.165, 1.54) is 0 Å². The fourth-order valence-electron chi connectivity index (χ4n) is 1.21. The van der Waals surface area contributed by atoms with Crippen LogP contribution in [0.4, 0.5) is 5.82 Å². The predicted octanol–water partition coefficient (Wildman–Crippen LogP) is 0.570. The Hall–Kier alpha value is -1.16. The lowest BCUT2D eigenvalue weighted by Crippen LogP contribution is -2.29. The van der Waals surface area contributed by atoms with Gasteiger partial charge in [0.25, 0.3) is 0 Å². The Morgan fingerprint density at radius 3 is 2.85 bits per heavy atom. The summed E-state index contributed by atoms with van der Waals surface area (Å²) in [6.45, 7) is 6.39. The second-order valence-corrected chi connectivity index (χ2v) is 2.83. The normalized spacial score (nSPS) is 10.1. The fourth-order valence-corrected chi connectivity index (χ4v) is 1.21. The molecule has 4 nitrogen and oxygen atoms in total. The van der Waals surface area contributed by atoms with E-state index in [1.54, 1.807) is 6.20 Å². The Morgan fingerprint density at radius 2 is 2.31 bits per heavy atom. The first kappa shape index (κ1) is 9.92. The van der Waals surface area contributed by atoms with Crippen LogP contribution in [-0.2, 0) is 0 Å². The van der Waals surface area contributed by atoms with Crippen LogP contribution < -0.4 is 10.6 Å². The van der Waals surface area contributed by atoms with Crippen molar-refractivity contribution in [3.05, 3.63) is 18.1 Å². The Labute approximate surface area is 78.8 Å². The van der Waals surface area contributed by atoms with E-state index in [-0.39, 0.29) is 0 Å². The van der Waals surface area contributed by atoms with E-state index in [4.69, 9.17) is 5.73 Å². The van der Waals surface area contributed by atoms with Gasteiger partial charge in [0, 0.05) is 25.8 Å². The first-order valence-corrected chi connectivity index (χ1v) is 4.52. The maximum Gasteiger partial charge on any atom is 0.132 e. The molecule has 1 aromatic heterocycles. The molecular formula is C9H16N4. The first-order chi connectivity index (χ1) is 6.27. The van der Waals surface area contributed by atoms with Crippen molar-refractivity contribution in [3.8, 4) is 0 Å². The topological polar surface area (TPSA) is 55.0 Å². The number of hydrogen-bond acceptors (Lipinski definition) is 4. The van der Waals surface area contributed by atoms with Crippen molar-refractivity contribution < 1.29 is 0 Å². The molecule has 4 heteroatoms. The van der Waals surface area contributed by atoms with Crippen LogP contribution in [0.25, 0.3) is 0 Å². The summed E-state index contributed by atoms with van der Waals surface area (Å²) in [4.78, 5) is 10.5. The number of nitrogens with zero attached hydrogens (tertiary/aromatic N) is 3. The number of nitrogens with two attached hydrogens (primary N) is 1. The van der Waals surface area contributed by atoms with Crippen molar-refractivity contribution >= 4 is 5.82 Å². The van der Waals surface area contributed by atoms with Gasteiger partial charge in [0.15, 0.2) is 0 Å². The molecule has 1 heterocycles. The van der Waals surface area contributed by atoms with Crippen LogP contribution in [0.2, 0.25) is 0 Å². The molecule has 0 aromatic carbocycles. The van der Waals surface area contributed by atoms with Gasteiger partial charge in [-0.3, -0.25) is 0 Å². The average Bonchev–Trinajstić information content (AvgIpc) is 2.14. The number of hydrogen-bond donors (Lipinski definition) is 1. The smallest absolute Gasteiger partial charge is 0.132 e. The summed E-state index contributed by atoms with van der Waals surface area (Å²) < 4.78 is 0. The maximum atomic E-state index is 5.50. The van der Waals surface area contributed by atoms with Crippen LogP contribution in [-0.4, -0.2) is 29.6 Å². The summed E-state index contributed by atoms with van der Waals surface area (Å²) in [6, 6.07) is 1.91. The average molecular weight is 180 g/mol. The van der Waals surface area contributed by atoms with Crippen LogP contribution >= 0.6 is 0 Å². The number of anilines is 1. The summed E-state index contributed by atoms with van der Waals surface area (Å²) in [5.74, 6) is 1.76. The minimum atomic E-state index is 0.650. The summed E-state index contributed by atoms with van der Waals surface area (Å²) >= 11 is 0. The van der Waals surface area contributed by atoms with Crippen molar-refractivity contribution in [1.82, 2.24) is 9.97 Å². The van der Waals surface area contributed by atoms with Gasteiger partial charge in [-0.25, -0.2) is 9.97 Å². The predicted molar refractivity (Wildman–Crippen MR) is 53.7 cm³/mol. The second kappa shape index (κ2) is 4.77. The van der Waals surface area contributed by atoms with Gasteiger partial charge in [-0.2, -0.15) is 0 Å². The van der Waals surface area contributed by atoms with Crippen molar-refractivity contribution in [2.24, 2.45) is 5.73 Å². The standard InChI is InChI=1S/C9H16N4/c1-3-13(7-5-10)9-4-6-11-8(2)12-9/h4,6H,3,5,7,10H2,1-2H3. The van der Waals surface area contributed by atoms with Gasteiger partial charge in [-0.05, 0) is 19.9 Å². The Kier molecular flexibility index (Phi) is 3.64. The molecule has 0 spiro atoms. The van der Waals surface area contributed by atoms with E-state index in [9.17, 15) is 0 Å². The summed E-state index contributed by atoms with van der Waals surface area (Å²) in [5, 5.41) is 0. The van der Waals surface area contributed by atoms with Crippen LogP contribution in [0.1, 0.15) is 12.7 Å². The lowest BCUT2D eigenvalue weighted by atomic mass is 10.4. The molecule has 1 rings (SSSR count). The molecule has 13 heavy (non-hydrogen) atoms. The number of likely N-dealkylation sites (N-methyl/N-ethyl adjacent to an activating group) is 1. The molecule has 72 valence electrons. The van der Waals surface area contributed by atoms with Crippen molar-refractivity contribution in [3.63, 3.8) is 0 Å². The SMILES string of the molecule is CCN(CCN)c1ccnc(C)n1. The number of rotatable bonds is 4. The van der Waals surface area contributed by atoms with E-state index in [1.807, 2.05) is 13.0 Å². The highest BCUT2D eigenvalue weighted by Crippen LogP contribution is 2.07. The molecule has 0 amide bonds. The van der Waals surface area contributed by atoms with Gasteiger partial charge in [-0.15, -0.1) is 0 Å². The molecule has 0 aliphatic rings. The minimum Gasteiger partial charge on any atom is -0.356 e. The third-order valence-electron chi connectivity index (χ3n) is 1.87. The largest absolute Gasteiger partial charge is 0.356 e. The van der Waals surface area contributed by atoms with Crippen LogP contribution in [0.5, 0.6) is 0 Å². The van der Waals surface area contributed by atoms with E-state index < -0.39 is 0 Å². The van der Waals surface area contributed by atoms with Gasteiger partial charge >= 0.3 is 0 Å². The van der Waals surface area contributed by atoms with Crippen LogP contribution in [0, 0.1) is 6.92 Å². The molecule has 0 saturated carbocycles. The molecule has 0 saturated heterocycles. The quantitative estimate of drug-likeness (QED) is 0.736. The lowest BCUT2D eigenvalue weighted by molar-refractivity contribution is 0.794. The molecule has 0 unspecified atom stereocenters. The summed E-state index contributed by atoms with van der Waals surface area (Å²) in [6.07, 6.45) is 1.77. The molecule has 0 aliphatic carbocycles. The van der Waals surface area contributed by atoms with E-state index in [0.29, 0.717) is 6.54 Å². The zero-order chi connectivity index (χ0) is 9.68. The molecule has 0 radical (unpaired) electrons. The van der Waals surface area contributed by atoms with Crippen molar-refractivity contribution in [2.45, 2.75) is 13.8 Å². The molecule has 1 aromatic rings.